The molecule has 118 valence electrons. The predicted molar refractivity (Wildman–Crippen MR) is 86.3 cm³/mol. The zero-order valence-electron chi connectivity index (χ0n) is 12.2. The van der Waals surface area contributed by atoms with Gasteiger partial charge in [0.1, 0.15) is 12.4 Å². The highest BCUT2D eigenvalue weighted by Crippen LogP contribution is 2.42. The normalized spacial score (nSPS) is 17.2. The molecule has 7 heteroatoms. The summed E-state index contributed by atoms with van der Waals surface area (Å²) < 4.78 is 32.7. The Hall–Kier alpha value is -0.760. The molecule has 1 fully saturated rings. The molecule has 3 N–H and O–H groups in total. The molecule has 0 saturated heterocycles. The molecular weight excluding hydrogens is 308 g/mol. The summed E-state index contributed by atoms with van der Waals surface area (Å²) in [5.41, 5.74) is 5.35. The molecule has 0 bridgehead atoms. The summed E-state index contributed by atoms with van der Waals surface area (Å²) in [5.74, 6) is 0.624. The maximum Gasteiger partial charge on any atom is 0.240 e. The van der Waals surface area contributed by atoms with Crippen LogP contribution in [0.3, 0.4) is 0 Å². The number of hydrogen-bond donors (Lipinski definition) is 2. The van der Waals surface area contributed by atoms with E-state index in [2.05, 4.69) is 4.72 Å². The summed E-state index contributed by atoms with van der Waals surface area (Å²) in [7, 11) is -3.46. The largest absolute Gasteiger partial charge is 0.492 e. The molecule has 0 amide bonds. The quantitative estimate of drug-likeness (QED) is 0.756. The summed E-state index contributed by atoms with van der Waals surface area (Å²) in [6, 6.07) is 6.41. The molecule has 1 aliphatic rings. The van der Waals surface area contributed by atoms with Crippen molar-refractivity contribution in [2.75, 3.05) is 26.0 Å². The van der Waals surface area contributed by atoms with E-state index in [9.17, 15) is 8.42 Å². The van der Waals surface area contributed by atoms with Gasteiger partial charge >= 0.3 is 0 Å². The van der Waals surface area contributed by atoms with E-state index in [1.807, 2.05) is 6.26 Å². The number of benzene rings is 1. The fraction of sp³-hybridized carbons (Fsp3) is 0.571. The monoisotopic (exact) mass is 330 g/mol. The Morgan fingerprint density at radius 2 is 2.00 bits per heavy atom. The van der Waals surface area contributed by atoms with Gasteiger partial charge in [-0.1, -0.05) is 6.42 Å². The number of rotatable bonds is 8. The van der Waals surface area contributed by atoms with E-state index in [1.54, 1.807) is 36.0 Å². The van der Waals surface area contributed by atoms with Crippen LogP contribution in [0.5, 0.6) is 5.75 Å². The van der Waals surface area contributed by atoms with Crippen molar-refractivity contribution >= 4 is 21.8 Å². The van der Waals surface area contributed by atoms with Crippen LogP contribution in [0.1, 0.15) is 19.3 Å². The van der Waals surface area contributed by atoms with Gasteiger partial charge in [0, 0.05) is 17.8 Å². The molecule has 0 heterocycles. The van der Waals surface area contributed by atoms with Gasteiger partial charge in [-0.2, -0.15) is 11.8 Å². The van der Waals surface area contributed by atoms with Crippen molar-refractivity contribution in [2.45, 2.75) is 28.9 Å². The lowest BCUT2D eigenvalue weighted by Gasteiger charge is -2.40. The van der Waals surface area contributed by atoms with Gasteiger partial charge in [-0.05, 0) is 43.4 Å². The number of ether oxygens (including phenoxy) is 1. The van der Waals surface area contributed by atoms with Gasteiger partial charge in [0.25, 0.3) is 0 Å². The molecule has 0 atom stereocenters. The Balaban J connectivity index is 1.98. The zero-order valence-corrected chi connectivity index (χ0v) is 13.8. The molecule has 1 aliphatic carbocycles. The van der Waals surface area contributed by atoms with Crippen molar-refractivity contribution in [2.24, 2.45) is 5.73 Å². The molecule has 1 saturated carbocycles. The molecule has 0 aliphatic heterocycles. The molecule has 0 aromatic heterocycles. The summed E-state index contributed by atoms with van der Waals surface area (Å²) in [6.45, 7) is 1.33. The Morgan fingerprint density at radius 3 is 2.48 bits per heavy atom. The third-order valence-corrected chi connectivity index (χ3v) is 6.64. The Kier molecular flexibility index (Phi) is 5.54. The van der Waals surface area contributed by atoms with E-state index >= 15 is 0 Å². The number of nitrogens with two attached hydrogens (primary N) is 1. The summed E-state index contributed by atoms with van der Waals surface area (Å²) in [5, 5.41) is 0. The topological polar surface area (TPSA) is 81.4 Å². The third kappa shape index (κ3) is 4.12. The second-order valence-corrected chi connectivity index (χ2v) is 8.22. The number of sulfonamides is 1. The Labute approximate surface area is 130 Å². The van der Waals surface area contributed by atoms with E-state index in [0.29, 0.717) is 25.4 Å². The van der Waals surface area contributed by atoms with Crippen LogP contribution in [-0.4, -0.2) is 39.1 Å². The van der Waals surface area contributed by atoms with E-state index in [-0.39, 0.29) is 9.64 Å². The Bertz CT molecular complexity index is 549. The van der Waals surface area contributed by atoms with Gasteiger partial charge in [0.05, 0.1) is 4.90 Å². The number of thioether (sulfide) groups is 1. The molecule has 5 nitrogen and oxygen atoms in total. The lowest BCUT2D eigenvalue weighted by molar-refractivity contribution is 0.328. The average Bonchev–Trinajstić information content (AvgIpc) is 2.45. The minimum absolute atomic E-state index is 0.0806. The van der Waals surface area contributed by atoms with Gasteiger partial charge in [0.2, 0.25) is 10.0 Å². The van der Waals surface area contributed by atoms with Gasteiger partial charge < -0.3 is 10.5 Å². The van der Waals surface area contributed by atoms with Crippen LogP contribution < -0.4 is 15.2 Å². The molecule has 0 radical (unpaired) electrons. The molecule has 0 spiro atoms. The highest BCUT2D eigenvalue weighted by molar-refractivity contribution is 8.00. The van der Waals surface area contributed by atoms with Crippen molar-refractivity contribution in [1.82, 2.24) is 4.72 Å². The van der Waals surface area contributed by atoms with Gasteiger partial charge in [0.15, 0.2) is 0 Å². The molecule has 2 rings (SSSR count). The average molecular weight is 330 g/mol. The first-order valence-electron chi connectivity index (χ1n) is 6.99. The molecular formula is C14H22N2O3S2. The van der Waals surface area contributed by atoms with Gasteiger partial charge in [-0.3, -0.25) is 0 Å². The van der Waals surface area contributed by atoms with E-state index in [1.165, 1.54) is 6.42 Å². The minimum Gasteiger partial charge on any atom is -0.492 e. The van der Waals surface area contributed by atoms with E-state index in [4.69, 9.17) is 10.5 Å². The van der Waals surface area contributed by atoms with Crippen molar-refractivity contribution in [3.63, 3.8) is 0 Å². The lowest BCUT2D eigenvalue weighted by Crippen LogP contribution is -2.45. The van der Waals surface area contributed by atoms with Crippen molar-refractivity contribution in [3.8, 4) is 5.75 Å². The van der Waals surface area contributed by atoms with Gasteiger partial charge in [-0.25, -0.2) is 13.1 Å². The summed E-state index contributed by atoms with van der Waals surface area (Å²) >= 11 is 1.75. The second kappa shape index (κ2) is 7.00. The maximum atomic E-state index is 12.3. The van der Waals surface area contributed by atoms with Crippen LogP contribution >= 0.6 is 11.8 Å². The van der Waals surface area contributed by atoms with Crippen molar-refractivity contribution in [1.29, 1.82) is 0 Å². The molecule has 1 aromatic rings. The summed E-state index contributed by atoms with van der Waals surface area (Å²) in [6.07, 6.45) is 5.36. The highest BCUT2D eigenvalue weighted by atomic mass is 32.2. The highest BCUT2D eigenvalue weighted by Gasteiger charge is 2.37. The van der Waals surface area contributed by atoms with Crippen LogP contribution in [0, 0.1) is 0 Å². The second-order valence-electron chi connectivity index (χ2n) is 5.17. The first kappa shape index (κ1) is 16.6. The molecule has 0 unspecified atom stereocenters. The fourth-order valence-corrected chi connectivity index (χ4v) is 4.36. The van der Waals surface area contributed by atoms with Crippen LogP contribution in [-0.2, 0) is 10.0 Å². The van der Waals surface area contributed by atoms with Crippen molar-refractivity contribution < 1.29 is 13.2 Å². The van der Waals surface area contributed by atoms with Crippen LogP contribution in [0.4, 0.5) is 0 Å². The van der Waals surface area contributed by atoms with E-state index < -0.39 is 10.0 Å². The molecule has 21 heavy (non-hydrogen) atoms. The van der Waals surface area contributed by atoms with Gasteiger partial charge in [-0.15, -0.1) is 0 Å². The lowest BCUT2D eigenvalue weighted by atomic mass is 9.84. The fourth-order valence-electron chi connectivity index (χ4n) is 2.23. The van der Waals surface area contributed by atoms with Crippen LogP contribution in [0.25, 0.3) is 0 Å². The number of nitrogens with one attached hydrogen (secondary N) is 1. The zero-order chi connectivity index (χ0) is 15.3. The maximum absolute atomic E-state index is 12.3. The third-order valence-electron chi connectivity index (χ3n) is 3.80. The van der Waals surface area contributed by atoms with Crippen LogP contribution in [0.2, 0.25) is 0 Å². The van der Waals surface area contributed by atoms with Crippen LogP contribution in [0.15, 0.2) is 29.2 Å². The SMILES string of the molecule is CSC1(CNS(=O)(=O)c2ccc(OCCN)cc2)CCC1. The Morgan fingerprint density at radius 1 is 1.33 bits per heavy atom. The number of hydrogen-bond acceptors (Lipinski definition) is 5. The predicted octanol–water partition coefficient (Wildman–Crippen LogP) is 1.59. The van der Waals surface area contributed by atoms with E-state index in [0.717, 1.165) is 12.8 Å². The smallest absolute Gasteiger partial charge is 0.240 e. The minimum atomic E-state index is -3.46. The first-order chi connectivity index (χ1) is 10.0. The standard InChI is InChI=1S/C14H22N2O3S2/c1-20-14(7-2-8-14)11-16-21(17,18)13-5-3-12(4-6-13)19-10-9-15/h3-6,16H,2,7-11,15H2,1H3. The molecule has 1 aromatic carbocycles. The first-order valence-corrected chi connectivity index (χ1v) is 9.70. The summed E-state index contributed by atoms with van der Waals surface area (Å²) in [4.78, 5) is 0.262. The van der Waals surface area contributed by atoms with Crippen molar-refractivity contribution in [3.05, 3.63) is 24.3 Å².